The summed E-state index contributed by atoms with van der Waals surface area (Å²) >= 11 is 17.7. The molecule has 0 radical (unpaired) electrons. The lowest BCUT2D eigenvalue weighted by atomic mass is 9.95. The van der Waals surface area contributed by atoms with Crippen molar-refractivity contribution >= 4 is 52.1 Å². The van der Waals surface area contributed by atoms with E-state index in [9.17, 15) is 4.79 Å². The van der Waals surface area contributed by atoms with E-state index in [-0.39, 0.29) is 5.91 Å². The number of benzene rings is 2. The second-order valence-corrected chi connectivity index (χ2v) is 6.73. The zero-order valence-corrected chi connectivity index (χ0v) is 15.6. The first kappa shape index (κ1) is 17.7. The van der Waals surface area contributed by atoms with E-state index in [0.29, 0.717) is 37.7 Å². The van der Waals surface area contributed by atoms with Crippen molar-refractivity contribution in [1.29, 1.82) is 0 Å². The third-order valence-corrected chi connectivity index (χ3v) is 4.89. The molecule has 2 aromatic rings. The highest BCUT2D eigenvalue weighted by molar-refractivity contribution is 7.80. The van der Waals surface area contributed by atoms with E-state index in [0.717, 1.165) is 0 Å². The van der Waals surface area contributed by atoms with Crippen molar-refractivity contribution < 1.29 is 4.79 Å². The van der Waals surface area contributed by atoms with Gasteiger partial charge in [0, 0.05) is 11.4 Å². The first-order valence-electron chi connectivity index (χ1n) is 7.56. The van der Waals surface area contributed by atoms with Crippen LogP contribution in [-0.2, 0) is 4.79 Å². The second kappa shape index (κ2) is 7.44. The maximum Gasteiger partial charge on any atom is 0.255 e. The Kier molecular flexibility index (Phi) is 5.27. The number of rotatable bonds is 3. The zero-order chi connectivity index (χ0) is 18.0. The van der Waals surface area contributed by atoms with Crippen LogP contribution in [0.3, 0.4) is 0 Å². The largest absolute Gasteiger partial charge is 0.351 e. The third kappa shape index (κ3) is 3.79. The number of hydrogen-bond donors (Lipinski definition) is 3. The fourth-order valence-electron chi connectivity index (χ4n) is 2.69. The van der Waals surface area contributed by atoms with Gasteiger partial charge in [0.1, 0.15) is 0 Å². The Bertz CT molecular complexity index is 868. The molecule has 1 amide bonds. The van der Waals surface area contributed by atoms with Gasteiger partial charge in [0.15, 0.2) is 5.11 Å². The van der Waals surface area contributed by atoms with E-state index in [4.69, 9.17) is 35.4 Å². The maximum atomic E-state index is 12.9. The molecule has 128 valence electrons. The van der Waals surface area contributed by atoms with Crippen LogP contribution in [0.5, 0.6) is 0 Å². The standard InChI is InChI=1S/C18H15Cl2N3OS/c1-10-14(17(24)22-11-6-3-2-4-7-11)16(23-18(25)21-10)12-8-5-9-13(19)15(12)20/h2-9,16H,1H3,(H,22,24)(H2,21,23,25). The van der Waals surface area contributed by atoms with Crippen molar-refractivity contribution in [2.75, 3.05) is 5.32 Å². The van der Waals surface area contributed by atoms with E-state index >= 15 is 0 Å². The van der Waals surface area contributed by atoms with Crippen LogP contribution >= 0.6 is 35.4 Å². The Balaban J connectivity index is 2.01. The van der Waals surface area contributed by atoms with E-state index in [1.165, 1.54) is 0 Å². The molecule has 1 heterocycles. The number of para-hydroxylation sites is 1. The lowest BCUT2D eigenvalue weighted by Crippen LogP contribution is -2.45. The molecule has 0 aliphatic carbocycles. The number of carbonyl (C=O) groups is 1. The van der Waals surface area contributed by atoms with Crippen LogP contribution in [-0.4, -0.2) is 11.0 Å². The van der Waals surface area contributed by atoms with Gasteiger partial charge in [-0.25, -0.2) is 0 Å². The number of nitrogens with one attached hydrogen (secondary N) is 3. The van der Waals surface area contributed by atoms with Crippen LogP contribution in [0.15, 0.2) is 59.8 Å². The Morgan fingerprint density at radius 1 is 1.12 bits per heavy atom. The molecule has 3 rings (SSSR count). The Hall–Kier alpha value is -2.08. The summed E-state index contributed by atoms with van der Waals surface area (Å²) in [5.74, 6) is -0.243. The molecular weight excluding hydrogens is 377 g/mol. The molecule has 1 unspecified atom stereocenters. The van der Waals surface area contributed by atoms with E-state index < -0.39 is 6.04 Å². The van der Waals surface area contributed by atoms with E-state index in [1.807, 2.05) is 36.4 Å². The normalized spacial score (nSPS) is 16.9. The van der Waals surface area contributed by atoms with Gasteiger partial charge in [-0.05, 0) is 42.9 Å². The molecule has 0 bridgehead atoms. The average Bonchev–Trinajstić information content (AvgIpc) is 2.57. The number of halogens is 2. The highest BCUT2D eigenvalue weighted by atomic mass is 35.5. The molecule has 25 heavy (non-hydrogen) atoms. The first-order chi connectivity index (χ1) is 12.0. The quantitative estimate of drug-likeness (QED) is 0.677. The summed E-state index contributed by atoms with van der Waals surface area (Å²) in [5.41, 5.74) is 2.56. The minimum Gasteiger partial charge on any atom is -0.351 e. The van der Waals surface area contributed by atoms with Crippen LogP contribution in [0.25, 0.3) is 0 Å². The molecule has 1 aliphatic rings. The van der Waals surface area contributed by atoms with E-state index in [1.54, 1.807) is 19.1 Å². The molecule has 0 fully saturated rings. The van der Waals surface area contributed by atoms with Crippen LogP contribution in [0.1, 0.15) is 18.5 Å². The van der Waals surface area contributed by atoms with Gasteiger partial charge in [-0.15, -0.1) is 0 Å². The van der Waals surface area contributed by atoms with Gasteiger partial charge in [0.25, 0.3) is 5.91 Å². The summed E-state index contributed by atoms with van der Waals surface area (Å²) in [5, 5.41) is 10.2. The highest BCUT2D eigenvalue weighted by Gasteiger charge is 2.31. The molecule has 0 saturated heterocycles. The van der Waals surface area contributed by atoms with Gasteiger partial charge < -0.3 is 16.0 Å². The van der Waals surface area contributed by atoms with Gasteiger partial charge in [-0.3, -0.25) is 4.79 Å². The third-order valence-electron chi connectivity index (χ3n) is 3.84. The number of amides is 1. The zero-order valence-electron chi connectivity index (χ0n) is 13.3. The summed E-state index contributed by atoms with van der Waals surface area (Å²) in [6.45, 7) is 1.80. The fourth-order valence-corrected chi connectivity index (χ4v) is 3.38. The van der Waals surface area contributed by atoms with Gasteiger partial charge in [-0.2, -0.15) is 0 Å². The molecule has 1 atom stereocenters. The van der Waals surface area contributed by atoms with Gasteiger partial charge in [0.05, 0.1) is 21.7 Å². The SMILES string of the molecule is CC1=C(C(=O)Nc2ccccc2)C(c2cccc(Cl)c2Cl)NC(=S)N1. The first-order valence-corrected chi connectivity index (χ1v) is 8.72. The van der Waals surface area contributed by atoms with Gasteiger partial charge in [0.2, 0.25) is 0 Å². The highest BCUT2D eigenvalue weighted by Crippen LogP contribution is 2.35. The van der Waals surface area contributed by atoms with Gasteiger partial charge >= 0.3 is 0 Å². The molecule has 1 aliphatic heterocycles. The monoisotopic (exact) mass is 391 g/mol. The lowest BCUT2D eigenvalue weighted by molar-refractivity contribution is -0.113. The van der Waals surface area contributed by atoms with Crippen molar-refractivity contribution in [2.45, 2.75) is 13.0 Å². The molecular formula is C18H15Cl2N3OS. The lowest BCUT2D eigenvalue weighted by Gasteiger charge is -2.31. The van der Waals surface area contributed by atoms with Gasteiger partial charge in [-0.1, -0.05) is 53.5 Å². The second-order valence-electron chi connectivity index (χ2n) is 5.53. The molecule has 7 heteroatoms. The summed E-state index contributed by atoms with van der Waals surface area (Å²) < 4.78 is 0. The van der Waals surface area contributed by atoms with Crippen LogP contribution in [0.2, 0.25) is 10.0 Å². The van der Waals surface area contributed by atoms with Crippen molar-refractivity contribution in [3.63, 3.8) is 0 Å². The van der Waals surface area contributed by atoms with E-state index in [2.05, 4.69) is 16.0 Å². The maximum absolute atomic E-state index is 12.9. The van der Waals surface area contributed by atoms with Crippen LogP contribution in [0, 0.1) is 0 Å². The average molecular weight is 392 g/mol. The number of anilines is 1. The molecule has 2 aromatic carbocycles. The van der Waals surface area contributed by atoms with Crippen LogP contribution < -0.4 is 16.0 Å². The predicted octanol–water partition coefficient (Wildman–Crippen LogP) is 4.42. The molecule has 0 spiro atoms. The Morgan fingerprint density at radius 2 is 1.84 bits per heavy atom. The fraction of sp³-hybridized carbons (Fsp3) is 0.111. The minimum atomic E-state index is -0.497. The van der Waals surface area contributed by atoms with Crippen molar-refractivity contribution in [3.8, 4) is 0 Å². The minimum absolute atomic E-state index is 0.243. The molecule has 0 saturated carbocycles. The summed E-state index contributed by atoms with van der Waals surface area (Å²) in [6, 6.07) is 14.1. The smallest absolute Gasteiger partial charge is 0.255 e. The number of carbonyl (C=O) groups excluding carboxylic acids is 1. The molecule has 3 N–H and O–H groups in total. The van der Waals surface area contributed by atoms with Crippen molar-refractivity contribution in [3.05, 3.63) is 75.4 Å². The Labute approximate surface area is 161 Å². The van der Waals surface area contributed by atoms with Crippen molar-refractivity contribution in [1.82, 2.24) is 10.6 Å². The summed E-state index contributed by atoms with van der Waals surface area (Å²) in [7, 11) is 0. The summed E-state index contributed by atoms with van der Waals surface area (Å²) in [4.78, 5) is 12.9. The van der Waals surface area contributed by atoms with Crippen LogP contribution in [0.4, 0.5) is 5.69 Å². The van der Waals surface area contributed by atoms with Crippen molar-refractivity contribution in [2.24, 2.45) is 0 Å². The molecule has 4 nitrogen and oxygen atoms in total. The Morgan fingerprint density at radius 3 is 2.56 bits per heavy atom. The topological polar surface area (TPSA) is 53.2 Å². The number of hydrogen-bond acceptors (Lipinski definition) is 2. The predicted molar refractivity (Wildman–Crippen MR) is 106 cm³/mol. The number of allylic oxidation sites excluding steroid dienone is 1. The molecule has 0 aromatic heterocycles. The summed E-state index contributed by atoms with van der Waals surface area (Å²) in [6.07, 6.45) is 0. The number of thiocarbonyl (C=S) groups is 1.